The van der Waals surface area contributed by atoms with E-state index in [0.29, 0.717) is 60.1 Å². The summed E-state index contributed by atoms with van der Waals surface area (Å²) in [4.78, 5) is 185. The monoisotopic (exact) mass is 2030 g/mol. The summed E-state index contributed by atoms with van der Waals surface area (Å²) in [5.41, 5.74) is 33.2. The van der Waals surface area contributed by atoms with Gasteiger partial charge in [0.15, 0.2) is 33.8 Å². The summed E-state index contributed by atoms with van der Waals surface area (Å²) in [5.74, 6) is -5.98. The number of carbonyl (C=O) groups excluding carboxylic acids is 8. The van der Waals surface area contributed by atoms with Crippen molar-refractivity contribution in [3.8, 4) is 0 Å². The number of aliphatic carboxylic acids is 2. The summed E-state index contributed by atoms with van der Waals surface area (Å²) < 4.78 is 4.55. The number of Topliss-reactive ketones (excluding diaryl/α,β-unsaturated/α-hetero) is 1. The highest BCUT2D eigenvalue weighted by Gasteiger charge is 2.46. The number of nitrogen functional groups attached to an aromatic ring is 2. The Morgan fingerprint density at radius 1 is 0.473 bits per heavy atom. The van der Waals surface area contributed by atoms with Crippen LogP contribution in [0.1, 0.15) is 212 Å². The van der Waals surface area contributed by atoms with Crippen LogP contribution in [-0.2, 0) is 77.9 Å². The SMILES string of the molecule is C[N+]1=C(C=CC=CC=C2N(CCCCCC(=O)NCNC(=O)CC[C@H](NC(=O)c3ccc(NCc4cnc5nc(N)[nH]c(=O)c5n4)cc3)C(=O)O)c3ccccc3C2(C)C)C(C)(C)c2ccccc21.C[N+]1=C(C=CC=CC=C2N(CCCCCC(=O)ON3C(=O)CCC3=O)c3ccccc3C2(C)C)C(C)(C)c2ccccc21.NCCCC(=O)CC[C@H](NC(=O)c1ccc(NCc2cnc3nc(N)[nH]c(=O)c3n2)cc1)C(=O)O.[Cl-]. The van der Waals surface area contributed by atoms with Gasteiger partial charge in [0.05, 0.1) is 54.4 Å². The second kappa shape index (κ2) is 50.0. The van der Waals surface area contributed by atoms with Crippen molar-refractivity contribution >= 4 is 139 Å². The minimum absolute atomic E-state index is 0. The quantitative estimate of drug-likeness (QED) is 0.00556. The molecule has 0 saturated carbocycles. The van der Waals surface area contributed by atoms with Crippen molar-refractivity contribution in [2.45, 2.75) is 205 Å². The fraction of sp³-hybridized carbons (Fsp3) is 0.345. The molecular formula is C110H128ClN22O15+. The molecule has 16 N–H and O–H groups in total. The number of para-hydroxylation sites is 4. The number of H-pyrrole nitrogens is 2. The third-order valence-electron chi connectivity index (χ3n) is 26.7. The van der Waals surface area contributed by atoms with Crippen molar-refractivity contribution < 1.29 is 84.6 Å². The van der Waals surface area contributed by atoms with Crippen LogP contribution < -0.4 is 82.4 Å². The molecule has 0 unspecified atom stereocenters. The molecule has 1 saturated heterocycles. The van der Waals surface area contributed by atoms with Crippen LogP contribution in [-0.4, -0.2) is 187 Å². The van der Waals surface area contributed by atoms with Crippen LogP contribution in [0.4, 0.5) is 46.0 Å². The number of amides is 6. The van der Waals surface area contributed by atoms with E-state index in [2.05, 4.69) is 318 Å². The maximum Gasteiger partial charge on any atom is 0.333 e. The van der Waals surface area contributed by atoms with E-state index in [1.54, 1.807) is 24.3 Å². The summed E-state index contributed by atoms with van der Waals surface area (Å²) >= 11 is 0. The number of benzene rings is 6. The standard InChI is InChI=1S/C52H59N11O6.C36H42N3O4.C22H26N8O5.ClH/c1-51(2)36-16-11-13-18-39(36)62(5)41(51)20-8-6-9-21-42-52(3,4)37-17-12-14-19-40(37)63(42)29-15-7-10-22-43(64)56-32-57-44(65)28-27-38(49(68)69)59-47(66)33-23-25-34(26-24-33)54-30-35-31-55-46-45(58-35)48(67)61-50(53)60-46;1-35(2)26-16-11-13-18-28(26)37(5)30(35)20-8-6-9-21-31-36(3,4)27-17-12-14-19-29(27)38(31)25-15-7-10-22-34(42)43-39-32(40)23-24-33(39)41;23-9-1-2-15(31)7-8-16(21(34)35)28-19(32)12-3-5-13(6-4-12)25-10-14-11-26-18-17(27-14)20(33)30-22(24)29-18;/h6,8-9,11-14,16-21,23-26,31,38H,7,10,15,22,27-30,32H2,1-5H3,(H7-,53,54,55,56,57,59,60,61,64,65,66,67,68,69);6,8-9,11-14,16-21H,7,10,15,22-25H2,1-5H3;3-6,11,16,25H,1-2,7-10,23H2,(H,28,32)(H,34,35)(H3,24,26,29,30,33);1H/q;+1;;/t38-;;16-;/m0.0./s1. The van der Waals surface area contributed by atoms with Crippen LogP contribution in [0.5, 0.6) is 0 Å². The number of rotatable bonds is 42. The Morgan fingerprint density at radius 2 is 0.878 bits per heavy atom. The molecule has 9 heterocycles. The molecule has 37 nitrogen and oxygen atoms in total. The number of nitrogens with one attached hydrogen (secondary N) is 8. The molecule has 6 aromatic carbocycles. The molecule has 1 fully saturated rings. The van der Waals surface area contributed by atoms with Crippen LogP contribution >= 0.6 is 0 Å². The Balaban J connectivity index is 0.000000211. The summed E-state index contributed by atoms with van der Waals surface area (Å²) in [5, 5.41) is 36.2. The molecule has 0 aliphatic carbocycles. The Morgan fingerprint density at radius 3 is 1.30 bits per heavy atom. The van der Waals surface area contributed by atoms with E-state index >= 15 is 0 Å². The first kappa shape index (κ1) is 110. The molecule has 2 atom stereocenters. The highest BCUT2D eigenvalue weighted by atomic mass is 35.5. The number of allylic oxidation sites excluding steroid dienone is 12. The van der Waals surface area contributed by atoms with Crippen molar-refractivity contribution in [3.63, 3.8) is 0 Å². The number of ketones is 1. The molecule has 0 bridgehead atoms. The van der Waals surface area contributed by atoms with Gasteiger partial charge in [-0.25, -0.2) is 34.3 Å². The average Bonchev–Trinajstić information content (AvgIpc) is 1.60. The van der Waals surface area contributed by atoms with Crippen molar-refractivity contribution in [3.05, 3.63) is 296 Å². The molecule has 15 rings (SSSR count). The third-order valence-corrected chi connectivity index (χ3v) is 26.7. The summed E-state index contributed by atoms with van der Waals surface area (Å²) in [7, 11) is 4.25. The predicted molar refractivity (Wildman–Crippen MR) is 564 cm³/mol. The van der Waals surface area contributed by atoms with Crippen LogP contribution in [0, 0.1) is 0 Å². The average molecular weight is 2030 g/mol. The number of carboxylic acids is 2. The molecule has 774 valence electrons. The molecule has 5 aliphatic heterocycles. The maximum absolute atomic E-state index is 12.9. The van der Waals surface area contributed by atoms with Crippen LogP contribution in [0.15, 0.2) is 240 Å². The highest BCUT2D eigenvalue weighted by molar-refractivity contribution is 6.05. The first-order valence-electron chi connectivity index (χ1n) is 49.2. The number of hydroxylamine groups is 2. The van der Waals surface area contributed by atoms with Crippen LogP contribution in [0.3, 0.4) is 0 Å². The topological polar surface area (TPSA) is 529 Å². The number of halogens is 1. The Labute approximate surface area is 863 Å². The van der Waals surface area contributed by atoms with E-state index in [-0.39, 0.29) is 162 Å². The summed E-state index contributed by atoms with van der Waals surface area (Å²) in [6, 6.07) is 44.4. The van der Waals surface area contributed by atoms with Crippen molar-refractivity contribution in [1.29, 1.82) is 0 Å². The largest absolute Gasteiger partial charge is 1.00 e. The zero-order valence-corrected chi connectivity index (χ0v) is 85.5. The van der Waals surface area contributed by atoms with Gasteiger partial charge in [-0.3, -0.25) is 53.1 Å². The third kappa shape index (κ3) is 27.3. The fourth-order valence-corrected chi connectivity index (χ4v) is 18.7. The van der Waals surface area contributed by atoms with E-state index in [1.165, 1.54) is 104 Å². The number of imide groups is 1. The number of aromatic nitrogens is 8. The number of aromatic amines is 2. The van der Waals surface area contributed by atoms with Crippen LogP contribution in [0.25, 0.3) is 22.3 Å². The lowest BCUT2D eigenvalue weighted by Crippen LogP contribution is -3.00. The summed E-state index contributed by atoms with van der Waals surface area (Å²) in [6.07, 6.45) is 30.4. The molecular weight excluding hydrogens is 1900 g/mol. The minimum Gasteiger partial charge on any atom is -1.00 e. The Kier molecular flexibility index (Phi) is 37.3. The lowest BCUT2D eigenvalue weighted by Gasteiger charge is -2.27. The van der Waals surface area contributed by atoms with E-state index < -0.39 is 70.6 Å². The van der Waals surface area contributed by atoms with Gasteiger partial charge in [-0.2, -0.15) is 19.1 Å². The molecule has 0 radical (unpaired) electrons. The first-order valence-corrected chi connectivity index (χ1v) is 49.2. The van der Waals surface area contributed by atoms with E-state index in [1.807, 2.05) is 0 Å². The second-order valence-corrected chi connectivity index (χ2v) is 38.5. The Hall–Kier alpha value is -16.3. The lowest BCUT2D eigenvalue weighted by atomic mass is 9.81. The lowest BCUT2D eigenvalue weighted by molar-refractivity contribution is -0.401. The minimum atomic E-state index is -1.32. The number of hydrogen-bond acceptors (Lipinski definition) is 26. The van der Waals surface area contributed by atoms with Gasteiger partial charge in [0.1, 0.15) is 32.0 Å². The highest BCUT2D eigenvalue weighted by Crippen LogP contribution is 2.50. The normalized spacial score (nSPS) is 15.8. The maximum atomic E-state index is 12.9. The molecule has 5 aliphatic rings. The Bertz CT molecular complexity index is 7020. The van der Waals surface area contributed by atoms with Gasteiger partial charge >= 0.3 is 17.9 Å². The second-order valence-electron chi connectivity index (χ2n) is 38.5. The zero-order chi connectivity index (χ0) is 105. The summed E-state index contributed by atoms with van der Waals surface area (Å²) in [6.45, 7) is 20.5. The van der Waals surface area contributed by atoms with Gasteiger partial charge in [0, 0.05) is 150 Å². The number of carbonyl (C=O) groups is 10. The fourth-order valence-electron chi connectivity index (χ4n) is 18.7. The van der Waals surface area contributed by atoms with Gasteiger partial charge in [-0.05, 0) is 163 Å². The van der Waals surface area contributed by atoms with Crippen molar-refractivity contribution in [2.75, 3.05) is 72.3 Å². The van der Waals surface area contributed by atoms with Gasteiger partial charge in [0.2, 0.25) is 35.1 Å². The van der Waals surface area contributed by atoms with Crippen LogP contribution in [0.2, 0.25) is 0 Å². The van der Waals surface area contributed by atoms with Gasteiger partial charge in [-0.1, -0.05) is 150 Å². The number of carboxylic acid groups (broad SMARTS) is 2. The number of hydrogen-bond donors (Lipinski definition) is 13. The van der Waals surface area contributed by atoms with E-state index in [0.717, 1.165) is 38.8 Å². The van der Waals surface area contributed by atoms with Gasteiger partial charge in [0.25, 0.3) is 34.7 Å². The molecule has 6 amide bonds. The molecule has 148 heavy (non-hydrogen) atoms. The first-order chi connectivity index (χ1) is 70.3. The molecule has 0 spiro atoms. The molecule has 38 heteroatoms. The molecule has 4 aromatic heterocycles. The van der Waals surface area contributed by atoms with E-state index in [4.69, 9.17) is 22.0 Å². The number of nitrogens with two attached hydrogens (primary N) is 3. The number of anilines is 6. The molecule has 10 aromatic rings. The van der Waals surface area contributed by atoms with Crippen molar-refractivity contribution in [1.82, 2.24) is 66.2 Å². The number of unbranched alkanes of at least 4 members (excludes halogenated alkanes) is 4. The van der Waals surface area contributed by atoms with E-state index in [9.17, 15) is 67.7 Å². The predicted octanol–water partition coefficient (Wildman–Crippen LogP) is 9.96. The zero-order valence-electron chi connectivity index (χ0n) is 84.7. The van der Waals surface area contributed by atoms with Gasteiger partial charge < -0.3 is 86.4 Å². The number of fused-ring (bicyclic) bond motifs is 6. The smallest absolute Gasteiger partial charge is 0.333 e. The van der Waals surface area contributed by atoms with Gasteiger partial charge in [-0.15, -0.1) is 5.06 Å². The number of nitrogens with zero attached hydrogens (tertiary/aromatic N) is 11. The van der Waals surface area contributed by atoms with Crippen molar-refractivity contribution in [2.24, 2.45) is 5.73 Å².